The Hall–Kier alpha value is -6.76. The number of rotatable bonds is 4. The summed E-state index contributed by atoms with van der Waals surface area (Å²) >= 11 is 1.67. The summed E-state index contributed by atoms with van der Waals surface area (Å²) in [5.41, 5.74) is 5.97. The molecule has 0 aliphatic carbocycles. The van der Waals surface area contributed by atoms with E-state index in [0.29, 0.717) is 17.6 Å². The first-order valence-corrected chi connectivity index (χ1v) is 18.1. The first-order valence-electron chi connectivity index (χ1n) is 17.3. The zero-order valence-electron chi connectivity index (χ0n) is 27.7. The van der Waals surface area contributed by atoms with Crippen LogP contribution in [0.4, 0.5) is 0 Å². The molecule has 3 heterocycles. The number of nitrogens with zero attached hydrogens (tertiary/aromatic N) is 5. The maximum atomic E-state index is 5.28. The molecule has 6 heteroatoms. The number of thiazole rings is 1. The number of benzene rings is 8. The Bertz CT molecular complexity index is 3110. The molecule has 0 aliphatic rings. The smallest absolute Gasteiger partial charge is 0.238 e. The minimum Gasteiger partial charge on any atom is -0.278 e. The summed E-state index contributed by atoms with van der Waals surface area (Å²) in [4.78, 5) is 20.9. The van der Waals surface area contributed by atoms with Crippen molar-refractivity contribution in [3.8, 4) is 39.3 Å². The van der Waals surface area contributed by atoms with E-state index in [-0.39, 0.29) is 0 Å². The molecule has 5 nitrogen and oxygen atoms in total. The molecule has 0 atom stereocenters. The molecule has 242 valence electrons. The molecule has 0 aliphatic heterocycles. The first kappa shape index (κ1) is 29.0. The van der Waals surface area contributed by atoms with Gasteiger partial charge in [0, 0.05) is 27.5 Å². The molecule has 3 aromatic heterocycles. The van der Waals surface area contributed by atoms with Crippen molar-refractivity contribution >= 4 is 75.7 Å². The lowest BCUT2D eigenvalue weighted by atomic mass is 9.93. The number of fused-ring (bicyclic) bond motifs is 10. The van der Waals surface area contributed by atoms with Crippen LogP contribution in [0.1, 0.15) is 0 Å². The lowest BCUT2D eigenvalue weighted by Gasteiger charge is -2.13. The third kappa shape index (κ3) is 4.41. The van der Waals surface area contributed by atoms with E-state index in [2.05, 4.69) is 144 Å². The highest BCUT2D eigenvalue weighted by Gasteiger charge is 2.20. The number of hydrogen-bond acceptors (Lipinski definition) is 5. The van der Waals surface area contributed by atoms with E-state index in [4.69, 9.17) is 19.9 Å². The van der Waals surface area contributed by atoms with Crippen molar-refractivity contribution in [3.63, 3.8) is 0 Å². The quantitative estimate of drug-likeness (QED) is 0.174. The summed E-state index contributed by atoms with van der Waals surface area (Å²) in [5.74, 6) is 1.80. The zero-order chi connectivity index (χ0) is 34.2. The Morgan fingerprint density at radius 2 is 0.942 bits per heavy atom. The summed E-state index contributed by atoms with van der Waals surface area (Å²) in [6.45, 7) is 0. The Morgan fingerprint density at radius 1 is 0.385 bits per heavy atom. The van der Waals surface area contributed by atoms with Gasteiger partial charge in [0.05, 0.1) is 21.3 Å². The molecule has 0 amide bonds. The normalized spacial score (nSPS) is 11.8. The van der Waals surface area contributed by atoms with Crippen LogP contribution in [0.25, 0.3) is 104 Å². The second-order valence-corrected chi connectivity index (χ2v) is 14.0. The van der Waals surface area contributed by atoms with Crippen LogP contribution in [-0.2, 0) is 0 Å². The SMILES string of the molecule is c1ccc(-c2nc3cccc(-c4nc(-c5ccc6c7ccccc7c7ccccc7c6c5)nc(-n5c6ccccc6c6ccccc65)n4)c3s2)cc1. The van der Waals surface area contributed by atoms with Crippen LogP contribution in [0, 0.1) is 0 Å². The van der Waals surface area contributed by atoms with Gasteiger partial charge >= 0.3 is 0 Å². The topological polar surface area (TPSA) is 56.5 Å². The van der Waals surface area contributed by atoms with Crippen LogP contribution < -0.4 is 0 Å². The van der Waals surface area contributed by atoms with Crippen LogP contribution in [-0.4, -0.2) is 24.5 Å². The average Bonchev–Trinajstić information content (AvgIpc) is 3.81. The van der Waals surface area contributed by atoms with E-state index in [1.807, 2.05) is 24.3 Å². The van der Waals surface area contributed by atoms with Crippen LogP contribution in [0.15, 0.2) is 164 Å². The molecule has 8 aromatic carbocycles. The van der Waals surface area contributed by atoms with E-state index in [9.17, 15) is 0 Å². The molecule has 11 aromatic rings. The molecule has 0 radical (unpaired) electrons. The van der Waals surface area contributed by atoms with Gasteiger partial charge in [-0.3, -0.25) is 4.57 Å². The summed E-state index contributed by atoms with van der Waals surface area (Å²) < 4.78 is 3.22. The highest BCUT2D eigenvalue weighted by molar-refractivity contribution is 7.22. The van der Waals surface area contributed by atoms with E-state index < -0.39 is 0 Å². The fourth-order valence-corrected chi connectivity index (χ4v) is 8.81. The molecule has 0 unspecified atom stereocenters. The van der Waals surface area contributed by atoms with Crippen molar-refractivity contribution < 1.29 is 0 Å². The van der Waals surface area contributed by atoms with Gasteiger partial charge in [-0.05, 0) is 62.6 Å². The highest BCUT2D eigenvalue weighted by atomic mass is 32.1. The molecule has 52 heavy (non-hydrogen) atoms. The van der Waals surface area contributed by atoms with E-state index in [1.165, 1.54) is 32.3 Å². The van der Waals surface area contributed by atoms with E-state index >= 15 is 0 Å². The number of hydrogen-bond donors (Lipinski definition) is 0. The molecule has 0 saturated carbocycles. The second-order valence-electron chi connectivity index (χ2n) is 13.0. The fraction of sp³-hybridized carbons (Fsp3) is 0. The van der Waals surface area contributed by atoms with Gasteiger partial charge in [0.25, 0.3) is 0 Å². The highest BCUT2D eigenvalue weighted by Crippen LogP contribution is 2.39. The molecule has 0 N–H and O–H groups in total. The van der Waals surface area contributed by atoms with Crippen molar-refractivity contribution in [1.82, 2.24) is 24.5 Å². The average molecular weight is 682 g/mol. The molecule has 11 rings (SSSR count). The lowest BCUT2D eigenvalue weighted by Crippen LogP contribution is -2.06. The Balaban J connectivity index is 1.20. The molecular weight excluding hydrogens is 655 g/mol. The summed E-state index contributed by atoms with van der Waals surface area (Å²) in [6.07, 6.45) is 0. The monoisotopic (exact) mass is 681 g/mol. The van der Waals surface area contributed by atoms with Crippen molar-refractivity contribution in [2.75, 3.05) is 0 Å². The van der Waals surface area contributed by atoms with Gasteiger partial charge in [0.2, 0.25) is 5.95 Å². The van der Waals surface area contributed by atoms with Gasteiger partial charge in [-0.1, -0.05) is 133 Å². The van der Waals surface area contributed by atoms with Crippen LogP contribution in [0.3, 0.4) is 0 Å². The maximum absolute atomic E-state index is 5.28. The van der Waals surface area contributed by atoms with Crippen LogP contribution >= 0.6 is 11.3 Å². The molecule has 0 spiro atoms. The summed E-state index contributed by atoms with van der Waals surface area (Å²) in [7, 11) is 0. The third-order valence-corrected chi connectivity index (χ3v) is 11.2. The summed E-state index contributed by atoms with van der Waals surface area (Å²) in [6, 6.07) is 57.4. The molecule has 0 fully saturated rings. The van der Waals surface area contributed by atoms with Crippen molar-refractivity contribution in [2.45, 2.75) is 0 Å². The first-order chi connectivity index (χ1) is 25.8. The predicted molar refractivity (Wildman–Crippen MR) is 216 cm³/mol. The molecule has 0 bridgehead atoms. The Kier molecular flexibility index (Phi) is 6.35. The van der Waals surface area contributed by atoms with E-state index in [0.717, 1.165) is 53.7 Å². The van der Waals surface area contributed by atoms with Crippen LogP contribution in [0.5, 0.6) is 0 Å². The minimum atomic E-state index is 0.575. The standard InChI is InChI=1S/C46H27N5S/c1-2-13-28(14-3-1)45-47-39-22-12-21-37(42(39)52-45)44-48-43(49-46(50-44)51-40-23-10-8-19-35(40)36-20-9-11-24-41(36)51)29-25-26-34-32-17-5-4-15-30(32)31-16-6-7-18-33(31)38(34)27-29/h1-27H. The van der Waals surface area contributed by atoms with Crippen LogP contribution in [0.2, 0.25) is 0 Å². The predicted octanol–water partition coefficient (Wildman–Crippen LogP) is 12.0. The van der Waals surface area contributed by atoms with Gasteiger partial charge in [-0.25, -0.2) is 9.97 Å². The van der Waals surface area contributed by atoms with Gasteiger partial charge in [-0.15, -0.1) is 11.3 Å². The lowest BCUT2D eigenvalue weighted by molar-refractivity contribution is 0.954. The zero-order valence-corrected chi connectivity index (χ0v) is 28.5. The summed E-state index contributed by atoms with van der Waals surface area (Å²) in [5, 5.41) is 10.6. The third-order valence-electron chi connectivity index (χ3n) is 10.1. The Labute approximate surface area is 302 Å². The van der Waals surface area contributed by atoms with Gasteiger partial charge in [0.1, 0.15) is 5.01 Å². The molecular formula is C46H27N5S. The van der Waals surface area contributed by atoms with Crippen molar-refractivity contribution in [2.24, 2.45) is 0 Å². The minimum absolute atomic E-state index is 0.575. The largest absolute Gasteiger partial charge is 0.278 e. The van der Waals surface area contributed by atoms with Crippen molar-refractivity contribution in [1.29, 1.82) is 0 Å². The van der Waals surface area contributed by atoms with E-state index in [1.54, 1.807) is 11.3 Å². The van der Waals surface area contributed by atoms with Crippen molar-refractivity contribution in [3.05, 3.63) is 164 Å². The van der Waals surface area contributed by atoms with Gasteiger partial charge in [0.15, 0.2) is 11.6 Å². The number of para-hydroxylation sites is 2. The number of aromatic nitrogens is 5. The Morgan fingerprint density at radius 3 is 1.62 bits per heavy atom. The molecule has 0 saturated heterocycles. The second kappa shape index (κ2) is 11.4. The maximum Gasteiger partial charge on any atom is 0.238 e. The van der Waals surface area contributed by atoms with Gasteiger partial charge in [-0.2, -0.15) is 9.97 Å². The van der Waals surface area contributed by atoms with Gasteiger partial charge < -0.3 is 0 Å². The fourth-order valence-electron chi connectivity index (χ4n) is 7.73.